The van der Waals surface area contributed by atoms with Gasteiger partial charge in [0.05, 0.1) is 23.0 Å². The zero-order valence-electron chi connectivity index (χ0n) is 15.3. The lowest BCUT2D eigenvalue weighted by Crippen LogP contribution is -2.38. The Balaban J connectivity index is 1.47. The van der Waals surface area contributed by atoms with Crippen molar-refractivity contribution >= 4 is 28.8 Å². The first-order valence-corrected chi connectivity index (χ1v) is 9.37. The van der Waals surface area contributed by atoms with Crippen molar-refractivity contribution in [3.05, 3.63) is 60.2 Å². The van der Waals surface area contributed by atoms with Crippen LogP contribution in [0.25, 0.3) is 11.0 Å². The van der Waals surface area contributed by atoms with Crippen molar-refractivity contribution in [1.29, 1.82) is 0 Å². The van der Waals surface area contributed by atoms with Crippen LogP contribution >= 0.6 is 0 Å². The molecule has 0 spiro atoms. The van der Waals surface area contributed by atoms with Crippen molar-refractivity contribution in [2.45, 2.75) is 25.4 Å². The normalized spacial score (nSPS) is 17.0. The van der Waals surface area contributed by atoms with E-state index in [0.29, 0.717) is 18.9 Å². The van der Waals surface area contributed by atoms with E-state index in [4.69, 9.17) is 0 Å². The maximum atomic E-state index is 12.6. The van der Waals surface area contributed by atoms with E-state index in [9.17, 15) is 14.7 Å². The molecule has 0 saturated heterocycles. The Labute approximate surface area is 162 Å². The van der Waals surface area contributed by atoms with Gasteiger partial charge in [0.1, 0.15) is 0 Å². The van der Waals surface area contributed by atoms with Crippen LogP contribution in [0, 0.1) is 5.92 Å². The van der Waals surface area contributed by atoms with E-state index in [1.165, 1.54) is 0 Å². The molecule has 0 bridgehead atoms. The Kier molecular flexibility index (Phi) is 5.08. The summed E-state index contributed by atoms with van der Waals surface area (Å²) in [6.45, 7) is 0.374. The summed E-state index contributed by atoms with van der Waals surface area (Å²) in [7, 11) is 0. The van der Waals surface area contributed by atoms with Gasteiger partial charge in [-0.2, -0.15) is 0 Å². The van der Waals surface area contributed by atoms with Crippen molar-refractivity contribution in [1.82, 2.24) is 14.9 Å². The molecule has 2 unspecified atom stereocenters. The summed E-state index contributed by atoms with van der Waals surface area (Å²) < 4.78 is 1.94. The van der Waals surface area contributed by atoms with Gasteiger partial charge in [-0.3, -0.25) is 14.9 Å². The number of rotatable bonds is 6. The van der Waals surface area contributed by atoms with Crippen LogP contribution in [0.2, 0.25) is 0 Å². The highest BCUT2D eigenvalue weighted by Crippen LogP contribution is 2.27. The van der Waals surface area contributed by atoms with Crippen molar-refractivity contribution in [3.8, 4) is 0 Å². The third-order valence-corrected chi connectivity index (χ3v) is 5.05. The zero-order valence-corrected chi connectivity index (χ0v) is 15.3. The molecule has 0 aliphatic carbocycles. The molecule has 1 aromatic heterocycles. The summed E-state index contributed by atoms with van der Waals surface area (Å²) in [5.74, 6) is -0.368. The lowest BCUT2D eigenvalue weighted by Gasteiger charge is -2.25. The molecule has 3 aromatic rings. The number of hydrogen-bond donors (Lipinski definition) is 3. The van der Waals surface area contributed by atoms with Gasteiger partial charge in [-0.1, -0.05) is 42.5 Å². The number of amides is 2. The molecular weight excluding hydrogens is 356 g/mol. The SMILES string of the molecule is O=C(CC1Cn2c(nc3ccccc32)NC1=O)NC(CCO)c1ccccc1. The van der Waals surface area contributed by atoms with Gasteiger partial charge < -0.3 is 15.0 Å². The van der Waals surface area contributed by atoms with E-state index in [-0.39, 0.29) is 30.9 Å². The van der Waals surface area contributed by atoms with Gasteiger partial charge in [-0.25, -0.2) is 4.98 Å². The molecule has 2 atom stereocenters. The van der Waals surface area contributed by atoms with Crippen molar-refractivity contribution in [2.75, 3.05) is 11.9 Å². The second-order valence-corrected chi connectivity index (χ2v) is 6.97. The summed E-state index contributed by atoms with van der Waals surface area (Å²) in [5.41, 5.74) is 2.68. The molecule has 1 aliphatic rings. The van der Waals surface area contributed by atoms with Crippen molar-refractivity contribution < 1.29 is 14.7 Å². The Bertz CT molecular complexity index is 999. The molecule has 28 heavy (non-hydrogen) atoms. The monoisotopic (exact) mass is 378 g/mol. The number of hydrogen-bond acceptors (Lipinski definition) is 4. The summed E-state index contributed by atoms with van der Waals surface area (Å²) >= 11 is 0. The number of fused-ring (bicyclic) bond motifs is 3. The first-order chi connectivity index (χ1) is 13.7. The molecule has 0 fully saturated rings. The fraction of sp³-hybridized carbons (Fsp3) is 0.286. The van der Waals surface area contributed by atoms with E-state index in [2.05, 4.69) is 15.6 Å². The van der Waals surface area contributed by atoms with Gasteiger partial charge in [-0.15, -0.1) is 0 Å². The van der Waals surface area contributed by atoms with Crippen molar-refractivity contribution in [3.63, 3.8) is 0 Å². The highest BCUT2D eigenvalue weighted by Gasteiger charge is 2.30. The van der Waals surface area contributed by atoms with Crippen LogP contribution < -0.4 is 10.6 Å². The van der Waals surface area contributed by atoms with Gasteiger partial charge in [0, 0.05) is 19.6 Å². The summed E-state index contributed by atoms with van der Waals surface area (Å²) in [6, 6.07) is 16.9. The quantitative estimate of drug-likeness (QED) is 0.613. The number of para-hydroxylation sites is 2. The highest BCUT2D eigenvalue weighted by atomic mass is 16.3. The maximum Gasteiger partial charge on any atom is 0.232 e. The summed E-state index contributed by atoms with van der Waals surface area (Å²) in [4.78, 5) is 29.5. The Morgan fingerprint density at radius 2 is 1.96 bits per heavy atom. The fourth-order valence-electron chi connectivity index (χ4n) is 3.64. The molecule has 2 aromatic carbocycles. The van der Waals surface area contributed by atoms with E-state index in [1.54, 1.807) is 0 Å². The smallest absolute Gasteiger partial charge is 0.232 e. The minimum Gasteiger partial charge on any atom is -0.396 e. The van der Waals surface area contributed by atoms with E-state index in [0.717, 1.165) is 16.6 Å². The Hall–Kier alpha value is -3.19. The minimum absolute atomic E-state index is 0.0336. The number of aliphatic hydroxyl groups excluding tert-OH is 1. The van der Waals surface area contributed by atoms with Crippen LogP contribution in [0.5, 0.6) is 0 Å². The van der Waals surface area contributed by atoms with Crippen LogP contribution in [0.15, 0.2) is 54.6 Å². The average Bonchev–Trinajstić information content (AvgIpc) is 3.06. The topological polar surface area (TPSA) is 96.2 Å². The Morgan fingerprint density at radius 3 is 2.75 bits per heavy atom. The molecule has 1 aliphatic heterocycles. The van der Waals surface area contributed by atoms with Gasteiger partial charge in [0.2, 0.25) is 17.8 Å². The number of carbonyl (C=O) groups excluding carboxylic acids is 2. The number of nitrogens with one attached hydrogen (secondary N) is 2. The molecule has 144 valence electrons. The lowest BCUT2D eigenvalue weighted by atomic mass is 10.00. The Morgan fingerprint density at radius 1 is 1.21 bits per heavy atom. The predicted molar refractivity (Wildman–Crippen MR) is 105 cm³/mol. The predicted octanol–water partition coefficient (Wildman–Crippen LogP) is 2.23. The van der Waals surface area contributed by atoms with Crippen molar-refractivity contribution in [2.24, 2.45) is 5.92 Å². The van der Waals surface area contributed by atoms with Gasteiger partial charge >= 0.3 is 0 Å². The number of aliphatic hydroxyl groups is 1. The average molecular weight is 378 g/mol. The fourth-order valence-corrected chi connectivity index (χ4v) is 3.64. The molecule has 2 heterocycles. The first kappa shape index (κ1) is 18.2. The molecule has 3 N–H and O–H groups in total. The summed E-state index contributed by atoms with van der Waals surface area (Å²) in [6.07, 6.45) is 0.496. The van der Waals surface area contributed by atoms with Gasteiger partial charge in [-0.05, 0) is 24.1 Å². The zero-order chi connectivity index (χ0) is 19.5. The molecule has 7 nitrogen and oxygen atoms in total. The summed E-state index contributed by atoms with van der Waals surface area (Å²) in [5, 5.41) is 15.1. The maximum absolute atomic E-state index is 12.6. The number of carbonyl (C=O) groups is 2. The standard InChI is InChI=1S/C21H22N4O3/c26-11-10-16(14-6-2-1-3-7-14)22-19(27)12-15-13-25-18-9-5-4-8-17(18)23-21(25)24-20(15)28/h1-9,15-16,26H,10-13H2,(H,22,27)(H,23,24,28). The number of benzene rings is 2. The third kappa shape index (κ3) is 3.61. The molecule has 0 radical (unpaired) electrons. The van der Waals surface area contributed by atoms with Crippen LogP contribution in [-0.2, 0) is 16.1 Å². The molecule has 7 heteroatoms. The van der Waals surface area contributed by atoms with Gasteiger partial charge in [0.25, 0.3) is 0 Å². The second-order valence-electron chi connectivity index (χ2n) is 6.97. The molecule has 0 saturated carbocycles. The molecule has 4 rings (SSSR count). The largest absolute Gasteiger partial charge is 0.396 e. The van der Waals surface area contributed by atoms with Crippen LogP contribution in [0.3, 0.4) is 0 Å². The van der Waals surface area contributed by atoms with E-state index < -0.39 is 5.92 Å². The molecule has 2 amide bonds. The lowest BCUT2D eigenvalue weighted by molar-refractivity contribution is -0.128. The third-order valence-electron chi connectivity index (χ3n) is 5.05. The highest BCUT2D eigenvalue weighted by molar-refractivity contribution is 5.97. The number of nitrogens with zero attached hydrogens (tertiary/aromatic N) is 2. The number of aromatic nitrogens is 2. The van der Waals surface area contributed by atoms with Crippen LogP contribution in [0.4, 0.5) is 5.95 Å². The van der Waals surface area contributed by atoms with Gasteiger partial charge in [0.15, 0.2) is 0 Å². The van der Waals surface area contributed by atoms with Crippen LogP contribution in [-0.4, -0.2) is 33.1 Å². The van der Waals surface area contributed by atoms with E-state index in [1.807, 2.05) is 59.2 Å². The first-order valence-electron chi connectivity index (χ1n) is 9.37. The molecular formula is C21H22N4O3. The second kappa shape index (κ2) is 7.82. The number of anilines is 1. The number of imidazole rings is 1. The minimum atomic E-state index is -0.476. The van der Waals surface area contributed by atoms with E-state index >= 15 is 0 Å². The van der Waals surface area contributed by atoms with Crippen LogP contribution in [0.1, 0.15) is 24.4 Å².